The zero-order valence-electron chi connectivity index (χ0n) is 8.22. The number of benzene rings is 1. The van der Waals surface area contributed by atoms with E-state index in [1.54, 1.807) is 6.20 Å². The highest BCUT2D eigenvalue weighted by Crippen LogP contribution is 2.18. The Morgan fingerprint density at radius 3 is 2.60 bits per heavy atom. The van der Waals surface area contributed by atoms with Gasteiger partial charge in [-0.1, -0.05) is 43.0 Å². The average Bonchev–Trinajstić information content (AvgIpc) is 2.31. The van der Waals surface area contributed by atoms with Crippen LogP contribution < -0.4 is 0 Å². The SMILES string of the molecule is [C-]#[N+]c1ncccc1Cc1ccccc1. The van der Waals surface area contributed by atoms with E-state index >= 15 is 0 Å². The van der Waals surface area contributed by atoms with E-state index in [1.165, 1.54) is 5.56 Å². The number of pyridine rings is 1. The molecule has 0 radical (unpaired) electrons. The van der Waals surface area contributed by atoms with Gasteiger partial charge < -0.3 is 4.85 Å². The lowest BCUT2D eigenvalue weighted by molar-refractivity contribution is 1.16. The van der Waals surface area contributed by atoms with Gasteiger partial charge in [-0.3, -0.25) is 0 Å². The van der Waals surface area contributed by atoms with Crippen molar-refractivity contribution in [3.63, 3.8) is 0 Å². The van der Waals surface area contributed by atoms with Crippen molar-refractivity contribution in [1.29, 1.82) is 0 Å². The Labute approximate surface area is 89.0 Å². The molecular formula is C13H10N2. The third kappa shape index (κ3) is 2.21. The summed E-state index contributed by atoms with van der Waals surface area (Å²) < 4.78 is 0. The second-order valence-electron chi connectivity index (χ2n) is 3.26. The third-order valence-electron chi connectivity index (χ3n) is 2.21. The summed E-state index contributed by atoms with van der Waals surface area (Å²) in [7, 11) is 0. The van der Waals surface area contributed by atoms with Crippen LogP contribution in [0, 0.1) is 6.57 Å². The van der Waals surface area contributed by atoms with Crippen molar-refractivity contribution in [2.24, 2.45) is 0 Å². The van der Waals surface area contributed by atoms with Crippen molar-refractivity contribution in [3.8, 4) is 0 Å². The fourth-order valence-electron chi connectivity index (χ4n) is 1.48. The Balaban J connectivity index is 2.29. The van der Waals surface area contributed by atoms with E-state index in [1.807, 2.05) is 30.3 Å². The van der Waals surface area contributed by atoms with Gasteiger partial charge in [0.2, 0.25) is 0 Å². The van der Waals surface area contributed by atoms with Crippen LogP contribution in [0.25, 0.3) is 4.85 Å². The first-order chi connectivity index (χ1) is 7.40. The summed E-state index contributed by atoms with van der Waals surface area (Å²) in [4.78, 5) is 7.44. The van der Waals surface area contributed by atoms with Gasteiger partial charge in [0.1, 0.15) is 6.20 Å². The summed E-state index contributed by atoms with van der Waals surface area (Å²) in [5.41, 5.74) is 2.19. The molecule has 1 aromatic heterocycles. The van der Waals surface area contributed by atoms with Crippen molar-refractivity contribution in [2.45, 2.75) is 6.42 Å². The van der Waals surface area contributed by atoms with Crippen LogP contribution in [0.1, 0.15) is 11.1 Å². The lowest BCUT2D eigenvalue weighted by atomic mass is 10.1. The van der Waals surface area contributed by atoms with Gasteiger partial charge in [0.15, 0.2) is 0 Å². The van der Waals surface area contributed by atoms with Gasteiger partial charge in [0.05, 0.1) is 0 Å². The summed E-state index contributed by atoms with van der Waals surface area (Å²) in [5, 5.41) is 0. The second kappa shape index (κ2) is 4.39. The smallest absolute Gasteiger partial charge is 0.273 e. The maximum absolute atomic E-state index is 7.01. The van der Waals surface area contributed by atoms with E-state index < -0.39 is 0 Å². The van der Waals surface area contributed by atoms with Gasteiger partial charge >= 0.3 is 0 Å². The van der Waals surface area contributed by atoms with Crippen LogP contribution in [0.5, 0.6) is 0 Å². The van der Waals surface area contributed by atoms with Gasteiger partial charge in [-0.05, 0) is 23.6 Å². The third-order valence-corrected chi connectivity index (χ3v) is 2.21. The maximum atomic E-state index is 7.01. The number of hydrogen-bond acceptors (Lipinski definition) is 1. The molecule has 72 valence electrons. The minimum absolute atomic E-state index is 0.501. The lowest BCUT2D eigenvalue weighted by Crippen LogP contribution is -1.88. The molecule has 0 aliphatic heterocycles. The van der Waals surface area contributed by atoms with Crippen LogP contribution in [-0.2, 0) is 6.42 Å². The van der Waals surface area contributed by atoms with Crippen LogP contribution in [0.15, 0.2) is 48.7 Å². The quantitative estimate of drug-likeness (QED) is 0.671. The molecule has 2 nitrogen and oxygen atoms in total. The number of nitrogens with zero attached hydrogens (tertiary/aromatic N) is 2. The molecule has 0 N–H and O–H groups in total. The highest BCUT2D eigenvalue weighted by Gasteiger charge is 2.02. The second-order valence-corrected chi connectivity index (χ2v) is 3.26. The van der Waals surface area contributed by atoms with Crippen LogP contribution >= 0.6 is 0 Å². The monoisotopic (exact) mass is 194 g/mol. The van der Waals surface area contributed by atoms with Crippen LogP contribution in [-0.4, -0.2) is 4.98 Å². The summed E-state index contributed by atoms with van der Waals surface area (Å²) in [6.45, 7) is 7.01. The number of aromatic nitrogens is 1. The largest absolute Gasteiger partial charge is 0.360 e. The Morgan fingerprint density at radius 1 is 1.07 bits per heavy atom. The fourth-order valence-corrected chi connectivity index (χ4v) is 1.48. The summed E-state index contributed by atoms with van der Waals surface area (Å²) in [5.74, 6) is 0.501. The molecule has 0 saturated carbocycles. The first-order valence-corrected chi connectivity index (χ1v) is 4.75. The van der Waals surface area contributed by atoms with E-state index in [0.717, 1.165) is 12.0 Å². The Morgan fingerprint density at radius 2 is 1.87 bits per heavy atom. The van der Waals surface area contributed by atoms with Gasteiger partial charge in [-0.2, -0.15) is 0 Å². The molecule has 2 heteroatoms. The molecule has 1 aromatic carbocycles. The van der Waals surface area contributed by atoms with E-state index in [4.69, 9.17) is 6.57 Å². The Hall–Kier alpha value is -2.14. The molecule has 0 aliphatic carbocycles. The van der Waals surface area contributed by atoms with Crippen LogP contribution in [0.3, 0.4) is 0 Å². The van der Waals surface area contributed by atoms with E-state index in [9.17, 15) is 0 Å². The van der Waals surface area contributed by atoms with Crippen LogP contribution in [0.4, 0.5) is 5.82 Å². The first kappa shape index (κ1) is 9.42. The zero-order chi connectivity index (χ0) is 10.5. The molecule has 0 spiro atoms. The number of hydrogen-bond donors (Lipinski definition) is 0. The summed E-state index contributed by atoms with van der Waals surface area (Å²) in [6, 6.07) is 13.9. The van der Waals surface area contributed by atoms with Crippen molar-refractivity contribution in [2.75, 3.05) is 0 Å². The molecule has 0 unspecified atom stereocenters. The Kier molecular flexibility index (Phi) is 2.75. The van der Waals surface area contributed by atoms with Crippen molar-refractivity contribution < 1.29 is 0 Å². The maximum Gasteiger partial charge on any atom is 0.273 e. The molecule has 0 bridgehead atoms. The predicted molar refractivity (Wildman–Crippen MR) is 59.7 cm³/mol. The molecule has 0 amide bonds. The van der Waals surface area contributed by atoms with Crippen molar-refractivity contribution in [3.05, 3.63) is 71.2 Å². The average molecular weight is 194 g/mol. The molecule has 0 atom stereocenters. The summed E-state index contributed by atoms with van der Waals surface area (Å²) >= 11 is 0. The van der Waals surface area contributed by atoms with Crippen molar-refractivity contribution >= 4 is 5.82 Å². The molecule has 0 aliphatic rings. The van der Waals surface area contributed by atoms with Gasteiger partial charge in [-0.15, -0.1) is 4.98 Å². The molecule has 15 heavy (non-hydrogen) atoms. The highest BCUT2D eigenvalue weighted by molar-refractivity contribution is 5.46. The molecule has 2 rings (SSSR count). The van der Waals surface area contributed by atoms with Crippen LogP contribution in [0.2, 0.25) is 0 Å². The van der Waals surface area contributed by atoms with Gasteiger partial charge in [-0.25, -0.2) is 0 Å². The summed E-state index contributed by atoms with van der Waals surface area (Å²) in [6.07, 6.45) is 2.42. The minimum Gasteiger partial charge on any atom is -0.360 e. The first-order valence-electron chi connectivity index (χ1n) is 4.75. The van der Waals surface area contributed by atoms with Crippen molar-refractivity contribution in [1.82, 2.24) is 4.98 Å². The zero-order valence-corrected chi connectivity index (χ0v) is 8.22. The molecule has 2 aromatic rings. The molecule has 0 fully saturated rings. The highest BCUT2D eigenvalue weighted by atomic mass is 14.9. The van der Waals surface area contributed by atoms with Gasteiger partial charge in [0, 0.05) is 0 Å². The van der Waals surface area contributed by atoms with E-state index in [-0.39, 0.29) is 0 Å². The predicted octanol–water partition coefficient (Wildman–Crippen LogP) is 3.22. The lowest BCUT2D eigenvalue weighted by Gasteiger charge is -2.02. The minimum atomic E-state index is 0.501. The normalized spacial score (nSPS) is 9.53. The topological polar surface area (TPSA) is 17.2 Å². The fraction of sp³-hybridized carbons (Fsp3) is 0.0769. The van der Waals surface area contributed by atoms with E-state index in [0.29, 0.717) is 5.82 Å². The molecule has 0 saturated heterocycles. The molecular weight excluding hydrogens is 184 g/mol. The standard InChI is InChI=1S/C13H10N2/c1-14-13-12(8-5-9-15-13)10-11-6-3-2-4-7-11/h2-9H,10H2. The Bertz CT molecular complexity index is 483. The number of rotatable bonds is 2. The van der Waals surface area contributed by atoms with Gasteiger partial charge in [0.25, 0.3) is 5.82 Å². The molecule has 1 heterocycles. The van der Waals surface area contributed by atoms with E-state index in [2.05, 4.69) is 22.0 Å².